The number of ether oxygens (including phenoxy) is 3. The number of anilines is 1. The number of halogens is 1. The molecule has 0 atom stereocenters. The normalized spacial score (nSPS) is 17.7. The molecule has 2 heterocycles. The molecule has 0 saturated carbocycles. The number of rotatable bonds is 1. The molecule has 0 aromatic heterocycles. The maximum atomic E-state index is 12.2. The van der Waals surface area contributed by atoms with Crippen molar-refractivity contribution >= 4 is 23.4 Å². The Morgan fingerprint density at radius 1 is 1.12 bits per heavy atom. The smallest absolute Gasteiger partial charge is 0.410 e. The fourth-order valence-corrected chi connectivity index (χ4v) is 3.08. The van der Waals surface area contributed by atoms with Crippen LogP contribution in [0.1, 0.15) is 20.8 Å². The van der Waals surface area contributed by atoms with E-state index in [1.807, 2.05) is 32.9 Å². The van der Waals surface area contributed by atoms with Crippen LogP contribution in [0.4, 0.5) is 10.5 Å². The summed E-state index contributed by atoms with van der Waals surface area (Å²) in [7, 11) is 0. The Morgan fingerprint density at radius 3 is 2.46 bits per heavy atom. The first-order chi connectivity index (χ1) is 11.3. The highest BCUT2D eigenvalue weighted by Crippen LogP contribution is 2.44. The molecular weight excluding hydrogens is 332 g/mol. The lowest BCUT2D eigenvalue weighted by Gasteiger charge is -2.38. The number of fused-ring (bicyclic) bond motifs is 1. The van der Waals surface area contributed by atoms with Gasteiger partial charge in [0.15, 0.2) is 11.5 Å². The molecule has 132 valence electrons. The maximum absolute atomic E-state index is 12.2. The summed E-state index contributed by atoms with van der Waals surface area (Å²) >= 11 is 6.40. The van der Waals surface area contributed by atoms with Gasteiger partial charge in [-0.2, -0.15) is 0 Å². The lowest BCUT2D eigenvalue weighted by atomic mass is 10.2. The molecule has 0 unspecified atom stereocenters. The molecule has 3 rings (SSSR count). The number of hydrogen-bond acceptors (Lipinski definition) is 5. The Bertz CT molecular complexity index is 622. The predicted molar refractivity (Wildman–Crippen MR) is 92.5 cm³/mol. The number of nitrogens with zero attached hydrogens (tertiary/aromatic N) is 2. The topological polar surface area (TPSA) is 51.2 Å². The van der Waals surface area contributed by atoms with E-state index in [9.17, 15) is 4.79 Å². The van der Waals surface area contributed by atoms with E-state index in [1.165, 1.54) is 0 Å². The number of benzene rings is 1. The zero-order chi connectivity index (χ0) is 17.3. The molecule has 2 aliphatic heterocycles. The van der Waals surface area contributed by atoms with Crippen molar-refractivity contribution in [1.82, 2.24) is 4.90 Å². The van der Waals surface area contributed by atoms with Gasteiger partial charge in [-0.25, -0.2) is 4.79 Å². The van der Waals surface area contributed by atoms with Gasteiger partial charge >= 0.3 is 6.09 Å². The molecule has 0 spiro atoms. The minimum absolute atomic E-state index is 0.275. The molecule has 2 aliphatic rings. The van der Waals surface area contributed by atoms with Crippen LogP contribution >= 0.6 is 11.6 Å². The van der Waals surface area contributed by atoms with Gasteiger partial charge in [0.2, 0.25) is 0 Å². The minimum atomic E-state index is -0.485. The van der Waals surface area contributed by atoms with Crippen LogP contribution in [0.5, 0.6) is 11.5 Å². The molecule has 1 aromatic carbocycles. The second kappa shape index (κ2) is 6.59. The van der Waals surface area contributed by atoms with Crippen LogP contribution in [0.15, 0.2) is 12.1 Å². The standard InChI is InChI=1S/C17H23ClN2O4/c1-17(2,3)24-16(21)20-8-6-19(7-9-20)14-12(18)4-5-13-15(14)23-11-10-22-13/h4-5H,6-11H2,1-3H3. The molecule has 1 amide bonds. The van der Waals surface area contributed by atoms with Crippen LogP contribution < -0.4 is 14.4 Å². The van der Waals surface area contributed by atoms with Crippen molar-refractivity contribution in [1.29, 1.82) is 0 Å². The summed E-state index contributed by atoms with van der Waals surface area (Å²) in [5, 5.41) is 0.630. The van der Waals surface area contributed by atoms with Gasteiger partial charge in [-0.1, -0.05) is 11.6 Å². The Labute approximate surface area is 147 Å². The maximum Gasteiger partial charge on any atom is 0.410 e. The molecule has 0 N–H and O–H groups in total. The number of carbonyl (C=O) groups is 1. The number of amides is 1. The van der Waals surface area contributed by atoms with Crippen molar-refractivity contribution < 1.29 is 19.0 Å². The quantitative estimate of drug-likeness (QED) is 0.775. The molecule has 0 radical (unpaired) electrons. The van der Waals surface area contributed by atoms with Crippen LogP contribution in [0, 0.1) is 0 Å². The Hall–Kier alpha value is -1.82. The summed E-state index contributed by atoms with van der Waals surface area (Å²) < 4.78 is 16.8. The molecule has 1 aromatic rings. The van der Waals surface area contributed by atoms with Crippen molar-refractivity contribution in [3.05, 3.63) is 17.2 Å². The van der Waals surface area contributed by atoms with E-state index in [0.29, 0.717) is 50.2 Å². The average Bonchev–Trinajstić information content (AvgIpc) is 2.53. The molecule has 1 saturated heterocycles. The summed E-state index contributed by atoms with van der Waals surface area (Å²) in [5.41, 5.74) is 0.360. The second-order valence-electron chi connectivity index (χ2n) is 6.87. The fourth-order valence-electron chi connectivity index (χ4n) is 2.81. The Balaban J connectivity index is 1.70. The van der Waals surface area contributed by atoms with Crippen LogP contribution in [0.3, 0.4) is 0 Å². The summed E-state index contributed by atoms with van der Waals surface area (Å²) in [6.45, 7) is 9.15. The minimum Gasteiger partial charge on any atom is -0.486 e. The highest BCUT2D eigenvalue weighted by molar-refractivity contribution is 6.33. The van der Waals surface area contributed by atoms with Crippen LogP contribution in [0.2, 0.25) is 5.02 Å². The lowest BCUT2D eigenvalue weighted by molar-refractivity contribution is 0.0240. The summed E-state index contributed by atoms with van der Waals surface area (Å²) in [6.07, 6.45) is -0.275. The zero-order valence-electron chi connectivity index (χ0n) is 14.3. The van der Waals surface area contributed by atoms with E-state index >= 15 is 0 Å². The van der Waals surface area contributed by atoms with Crippen LogP contribution in [-0.4, -0.2) is 56.0 Å². The molecule has 0 bridgehead atoms. The third-order valence-electron chi connectivity index (χ3n) is 3.88. The van der Waals surface area contributed by atoms with Crippen molar-refractivity contribution in [3.8, 4) is 11.5 Å². The SMILES string of the molecule is CC(C)(C)OC(=O)N1CCN(c2c(Cl)ccc3c2OCCO3)CC1. The van der Waals surface area contributed by atoms with Gasteiger partial charge in [0.05, 0.1) is 5.02 Å². The monoisotopic (exact) mass is 354 g/mol. The largest absolute Gasteiger partial charge is 0.486 e. The zero-order valence-corrected chi connectivity index (χ0v) is 15.1. The van der Waals surface area contributed by atoms with Gasteiger partial charge in [-0.3, -0.25) is 0 Å². The first kappa shape index (κ1) is 17.0. The first-order valence-corrected chi connectivity index (χ1v) is 8.54. The fraction of sp³-hybridized carbons (Fsp3) is 0.588. The van der Waals surface area contributed by atoms with Gasteiger partial charge in [0, 0.05) is 26.2 Å². The van der Waals surface area contributed by atoms with E-state index in [-0.39, 0.29) is 6.09 Å². The molecular formula is C17H23ClN2O4. The van der Waals surface area contributed by atoms with E-state index < -0.39 is 5.60 Å². The lowest BCUT2D eigenvalue weighted by Crippen LogP contribution is -2.50. The van der Waals surface area contributed by atoms with E-state index in [1.54, 1.807) is 4.90 Å². The van der Waals surface area contributed by atoms with Crippen LogP contribution in [0.25, 0.3) is 0 Å². The van der Waals surface area contributed by atoms with E-state index in [4.69, 9.17) is 25.8 Å². The van der Waals surface area contributed by atoms with Crippen molar-refractivity contribution in [2.45, 2.75) is 26.4 Å². The van der Waals surface area contributed by atoms with E-state index in [0.717, 1.165) is 11.4 Å². The average molecular weight is 355 g/mol. The van der Waals surface area contributed by atoms with Crippen molar-refractivity contribution in [2.75, 3.05) is 44.3 Å². The third kappa shape index (κ3) is 3.64. The summed E-state index contributed by atoms with van der Waals surface area (Å²) in [4.78, 5) is 16.0. The molecule has 24 heavy (non-hydrogen) atoms. The highest BCUT2D eigenvalue weighted by atomic mass is 35.5. The predicted octanol–water partition coefficient (Wildman–Crippen LogP) is 3.17. The van der Waals surface area contributed by atoms with Crippen molar-refractivity contribution in [2.24, 2.45) is 0 Å². The second-order valence-corrected chi connectivity index (χ2v) is 7.28. The van der Waals surface area contributed by atoms with Gasteiger partial charge in [0.25, 0.3) is 0 Å². The van der Waals surface area contributed by atoms with Gasteiger partial charge in [-0.05, 0) is 32.9 Å². The number of carbonyl (C=O) groups excluding carboxylic acids is 1. The molecule has 6 nitrogen and oxygen atoms in total. The summed E-state index contributed by atoms with van der Waals surface area (Å²) in [5.74, 6) is 1.41. The van der Waals surface area contributed by atoms with Crippen LogP contribution in [-0.2, 0) is 4.74 Å². The van der Waals surface area contributed by atoms with Gasteiger partial charge in [-0.15, -0.1) is 0 Å². The highest BCUT2D eigenvalue weighted by Gasteiger charge is 2.29. The van der Waals surface area contributed by atoms with Gasteiger partial charge in [0.1, 0.15) is 24.5 Å². The first-order valence-electron chi connectivity index (χ1n) is 8.16. The van der Waals surface area contributed by atoms with Crippen molar-refractivity contribution in [3.63, 3.8) is 0 Å². The summed E-state index contributed by atoms with van der Waals surface area (Å²) in [6, 6.07) is 3.65. The molecule has 7 heteroatoms. The number of piperazine rings is 1. The van der Waals surface area contributed by atoms with Gasteiger partial charge < -0.3 is 24.0 Å². The third-order valence-corrected chi connectivity index (χ3v) is 4.19. The molecule has 0 aliphatic carbocycles. The number of hydrogen-bond donors (Lipinski definition) is 0. The Morgan fingerprint density at radius 2 is 1.79 bits per heavy atom. The Kier molecular flexibility index (Phi) is 4.67. The molecule has 1 fully saturated rings. The van der Waals surface area contributed by atoms with E-state index in [2.05, 4.69) is 4.90 Å².